The highest BCUT2D eigenvalue weighted by molar-refractivity contribution is 5.40. The molecular weight excluding hydrogens is 260 g/mol. The zero-order valence-corrected chi connectivity index (χ0v) is 12.6. The van der Waals surface area contributed by atoms with E-state index in [2.05, 4.69) is 29.2 Å². The minimum atomic E-state index is 0.645. The molecule has 1 aliphatic rings. The molecule has 1 aliphatic carbocycles. The van der Waals surface area contributed by atoms with Gasteiger partial charge in [-0.05, 0) is 80.5 Å². The molecule has 1 aromatic heterocycles. The molecule has 1 aromatic carbocycles. The number of ether oxygens (including phenoxy) is 1. The Morgan fingerprint density at radius 3 is 2.71 bits per heavy atom. The van der Waals surface area contributed by atoms with E-state index in [4.69, 9.17) is 10.5 Å². The van der Waals surface area contributed by atoms with E-state index >= 15 is 0 Å². The zero-order chi connectivity index (χ0) is 14.7. The first-order valence-corrected chi connectivity index (χ1v) is 7.71. The Morgan fingerprint density at radius 1 is 1.14 bits per heavy atom. The van der Waals surface area contributed by atoms with Crippen LogP contribution in [0.5, 0.6) is 11.6 Å². The average molecular weight is 282 g/mol. The third kappa shape index (κ3) is 3.24. The number of nitrogens with zero attached hydrogens (tertiary/aromatic N) is 1. The molecular formula is C18H22N2O. The summed E-state index contributed by atoms with van der Waals surface area (Å²) in [7, 11) is 0. The monoisotopic (exact) mass is 282 g/mol. The summed E-state index contributed by atoms with van der Waals surface area (Å²) in [5, 5.41) is 0. The Balaban J connectivity index is 1.80. The van der Waals surface area contributed by atoms with Crippen molar-refractivity contribution in [2.75, 3.05) is 6.54 Å². The van der Waals surface area contributed by atoms with Crippen LogP contribution in [0.3, 0.4) is 0 Å². The highest BCUT2D eigenvalue weighted by atomic mass is 16.5. The lowest BCUT2D eigenvalue weighted by Gasteiger charge is -2.17. The molecule has 2 N–H and O–H groups in total. The van der Waals surface area contributed by atoms with E-state index < -0.39 is 0 Å². The van der Waals surface area contributed by atoms with Gasteiger partial charge < -0.3 is 10.5 Å². The first-order chi connectivity index (χ1) is 10.3. The number of hydrogen-bond acceptors (Lipinski definition) is 3. The Bertz CT molecular complexity index is 637. The Labute approximate surface area is 126 Å². The number of nitrogens with two attached hydrogens (primary N) is 1. The predicted molar refractivity (Wildman–Crippen MR) is 84.9 cm³/mol. The van der Waals surface area contributed by atoms with Gasteiger partial charge in [-0.1, -0.05) is 6.07 Å². The van der Waals surface area contributed by atoms with Crippen LogP contribution in [0.25, 0.3) is 0 Å². The number of hydrogen-bond donors (Lipinski definition) is 1. The maximum absolute atomic E-state index is 5.97. The van der Waals surface area contributed by atoms with Gasteiger partial charge in [0.2, 0.25) is 5.88 Å². The van der Waals surface area contributed by atoms with Crippen molar-refractivity contribution < 1.29 is 4.74 Å². The summed E-state index contributed by atoms with van der Waals surface area (Å²) < 4.78 is 5.97. The standard InChI is InChI=1S/C18H22N2O/c1-13-10-14(8-9-19)12-20-18(13)21-17-7-6-15-4-2-3-5-16(15)11-17/h6-7,10-12H,2-5,8-9,19H2,1H3. The third-order valence-electron chi connectivity index (χ3n) is 4.05. The topological polar surface area (TPSA) is 48.1 Å². The lowest BCUT2D eigenvalue weighted by Crippen LogP contribution is -2.04. The third-order valence-corrected chi connectivity index (χ3v) is 4.05. The smallest absolute Gasteiger partial charge is 0.222 e. The van der Waals surface area contributed by atoms with E-state index in [0.717, 1.165) is 29.7 Å². The number of fused-ring (bicyclic) bond motifs is 1. The molecule has 3 nitrogen and oxygen atoms in total. The molecule has 0 unspecified atom stereocenters. The van der Waals surface area contributed by atoms with Crippen LogP contribution in [-0.2, 0) is 19.3 Å². The maximum atomic E-state index is 5.97. The van der Waals surface area contributed by atoms with E-state index in [1.54, 1.807) is 0 Å². The SMILES string of the molecule is Cc1cc(CCN)cnc1Oc1ccc2c(c1)CCCC2. The molecule has 0 fully saturated rings. The number of pyridine rings is 1. The fraction of sp³-hybridized carbons (Fsp3) is 0.389. The molecule has 0 atom stereocenters. The molecule has 0 bridgehead atoms. The van der Waals surface area contributed by atoms with Crippen LogP contribution in [-0.4, -0.2) is 11.5 Å². The summed E-state index contributed by atoms with van der Waals surface area (Å²) in [6.45, 7) is 2.67. The van der Waals surface area contributed by atoms with Crippen LogP contribution in [0.2, 0.25) is 0 Å². The van der Waals surface area contributed by atoms with Gasteiger partial charge in [-0.25, -0.2) is 4.98 Å². The van der Waals surface area contributed by atoms with Gasteiger partial charge in [-0.2, -0.15) is 0 Å². The highest BCUT2D eigenvalue weighted by Gasteiger charge is 2.11. The van der Waals surface area contributed by atoms with Crippen molar-refractivity contribution in [3.05, 3.63) is 52.7 Å². The second kappa shape index (κ2) is 6.27. The molecule has 0 amide bonds. The van der Waals surface area contributed by atoms with Crippen molar-refractivity contribution in [1.82, 2.24) is 4.98 Å². The van der Waals surface area contributed by atoms with Crippen LogP contribution < -0.4 is 10.5 Å². The number of rotatable bonds is 4. The molecule has 0 aliphatic heterocycles. The zero-order valence-electron chi connectivity index (χ0n) is 12.6. The van der Waals surface area contributed by atoms with Crippen molar-refractivity contribution in [2.24, 2.45) is 5.73 Å². The Kier molecular flexibility index (Phi) is 4.20. The normalized spacial score (nSPS) is 13.8. The average Bonchev–Trinajstić information content (AvgIpc) is 2.50. The maximum Gasteiger partial charge on any atom is 0.222 e. The van der Waals surface area contributed by atoms with E-state index in [-0.39, 0.29) is 0 Å². The molecule has 0 radical (unpaired) electrons. The largest absolute Gasteiger partial charge is 0.439 e. The first kappa shape index (κ1) is 14.1. The van der Waals surface area contributed by atoms with Crippen LogP contribution in [0.1, 0.15) is 35.1 Å². The quantitative estimate of drug-likeness (QED) is 0.932. The van der Waals surface area contributed by atoms with E-state index in [1.807, 2.05) is 13.1 Å². The summed E-state index contributed by atoms with van der Waals surface area (Å²) in [5.41, 5.74) is 10.7. The van der Waals surface area contributed by atoms with Gasteiger partial charge in [-0.3, -0.25) is 0 Å². The summed E-state index contributed by atoms with van der Waals surface area (Å²) in [4.78, 5) is 4.43. The van der Waals surface area contributed by atoms with Gasteiger partial charge in [0, 0.05) is 11.8 Å². The van der Waals surface area contributed by atoms with Gasteiger partial charge in [0.15, 0.2) is 0 Å². The summed E-state index contributed by atoms with van der Waals surface area (Å²) in [6, 6.07) is 8.53. The molecule has 0 saturated carbocycles. The number of aryl methyl sites for hydroxylation is 3. The predicted octanol–water partition coefficient (Wildman–Crippen LogP) is 3.56. The molecule has 110 valence electrons. The summed E-state index contributed by atoms with van der Waals surface area (Å²) in [5.74, 6) is 1.57. The van der Waals surface area contributed by atoms with Gasteiger partial charge in [0.25, 0.3) is 0 Å². The van der Waals surface area contributed by atoms with Crippen molar-refractivity contribution in [3.63, 3.8) is 0 Å². The molecule has 21 heavy (non-hydrogen) atoms. The number of aromatic nitrogens is 1. The summed E-state index contributed by atoms with van der Waals surface area (Å²) >= 11 is 0. The Morgan fingerprint density at radius 2 is 1.95 bits per heavy atom. The fourth-order valence-electron chi connectivity index (χ4n) is 2.92. The molecule has 3 heteroatoms. The number of benzene rings is 1. The van der Waals surface area contributed by atoms with E-state index in [1.165, 1.54) is 30.4 Å². The second-order valence-electron chi connectivity index (χ2n) is 5.74. The van der Waals surface area contributed by atoms with Crippen molar-refractivity contribution >= 4 is 0 Å². The minimum Gasteiger partial charge on any atom is -0.439 e. The summed E-state index contributed by atoms with van der Waals surface area (Å²) in [6.07, 6.45) is 7.65. The van der Waals surface area contributed by atoms with E-state index in [9.17, 15) is 0 Å². The first-order valence-electron chi connectivity index (χ1n) is 7.71. The van der Waals surface area contributed by atoms with Crippen LogP contribution >= 0.6 is 0 Å². The lowest BCUT2D eigenvalue weighted by atomic mass is 9.92. The van der Waals surface area contributed by atoms with Gasteiger partial charge in [0.05, 0.1) is 0 Å². The lowest BCUT2D eigenvalue weighted by molar-refractivity contribution is 0.457. The molecule has 3 rings (SSSR count). The highest BCUT2D eigenvalue weighted by Crippen LogP contribution is 2.29. The van der Waals surface area contributed by atoms with Crippen LogP contribution in [0.15, 0.2) is 30.5 Å². The van der Waals surface area contributed by atoms with E-state index in [0.29, 0.717) is 12.4 Å². The van der Waals surface area contributed by atoms with Crippen LogP contribution in [0, 0.1) is 6.92 Å². The molecule has 0 spiro atoms. The van der Waals surface area contributed by atoms with Crippen molar-refractivity contribution in [3.8, 4) is 11.6 Å². The van der Waals surface area contributed by atoms with Crippen molar-refractivity contribution in [1.29, 1.82) is 0 Å². The van der Waals surface area contributed by atoms with Gasteiger partial charge in [-0.15, -0.1) is 0 Å². The van der Waals surface area contributed by atoms with Gasteiger partial charge in [0.1, 0.15) is 5.75 Å². The van der Waals surface area contributed by atoms with Crippen molar-refractivity contribution in [2.45, 2.75) is 39.0 Å². The van der Waals surface area contributed by atoms with Crippen LogP contribution in [0.4, 0.5) is 0 Å². The van der Waals surface area contributed by atoms with Gasteiger partial charge >= 0.3 is 0 Å². The molecule has 1 heterocycles. The second-order valence-corrected chi connectivity index (χ2v) is 5.74. The molecule has 2 aromatic rings. The Hall–Kier alpha value is -1.87. The molecule has 0 saturated heterocycles. The fourth-order valence-corrected chi connectivity index (χ4v) is 2.92. The minimum absolute atomic E-state index is 0.645.